The molecular formula is C16H20FNO2. The monoisotopic (exact) mass is 277 g/mol. The van der Waals surface area contributed by atoms with Crippen LogP contribution in [-0.4, -0.2) is 11.7 Å². The van der Waals surface area contributed by atoms with Gasteiger partial charge in [-0.3, -0.25) is 0 Å². The Kier molecular flexibility index (Phi) is 4.26. The van der Waals surface area contributed by atoms with Crippen LogP contribution in [0.25, 0.3) is 0 Å². The smallest absolute Gasteiger partial charge is 0.136 e. The zero-order valence-electron chi connectivity index (χ0n) is 12.0. The first-order valence-electron chi connectivity index (χ1n) is 6.66. The quantitative estimate of drug-likeness (QED) is 0.881. The third kappa shape index (κ3) is 3.46. The molecule has 108 valence electrons. The van der Waals surface area contributed by atoms with E-state index >= 15 is 0 Å². The zero-order valence-corrected chi connectivity index (χ0v) is 12.0. The van der Waals surface area contributed by atoms with Gasteiger partial charge in [0.15, 0.2) is 0 Å². The van der Waals surface area contributed by atoms with Crippen molar-refractivity contribution >= 4 is 0 Å². The molecule has 0 spiro atoms. The lowest BCUT2D eigenvalue weighted by Crippen LogP contribution is -2.36. The maximum Gasteiger partial charge on any atom is 0.136 e. The summed E-state index contributed by atoms with van der Waals surface area (Å²) < 4.78 is 18.6. The molecule has 0 aliphatic carbocycles. The second kappa shape index (κ2) is 5.77. The highest BCUT2D eigenvalue weighted by Crippen LogP contribution is 2.23. The van der Waals surface area contributed by atoms with Gasteiger partial charge in [-0.15, -0.1) is 0 Å². The molecule has 0 radical (unpaired) electrons. The fourth-order valence-corrected chi connectivity index (χ4v) is 2.06. The topological polar surface area (TPSA) is 45.4 Å². The van der Waals surface area contributed by atoms with Crippen molar-refractivity contribution in [2.75, 3.05) is 6.54 Å². The molecule has 2 unspecified atom stereocenters. The van der Waals surface area contributed by atoms with Gasteiger partial charge in [0, 0.05) is 12.6 Å². The molecule has 1 aromatic heterocycles. The van der Waals surface area contributed by atoms with E-state index in [1.807, 2.05) is 26.0 Å². The van der Waals surface area contributed by atoms with Crippen LogP contribution >= 0.6 is 0 Å². The van der Waals surface area contributed by atoms with Crippen LogP contribution in [0.5, 0.6) is 0 Å². The van der Waals surface area contributed by atoms with Crippen molar-refractivity contribution in [2.24, 2.45) is 0 Å². The normalized spacial score (nSPS) is 15.8. The number of nitrogens with one attached hydrogen (secondary N) is 1. The van der Waals surface area contributed by atoms with Gasteiger partial charge in [0.1, 0.15) is 22.9 Å². The Bertz CT molecular complexity index is 577. The highest BCUT2D eigenvalue weighted by atomic mass is 19.1. The molecule has 0 aliphatic rings. The Hall–Kier alpha value is -1.65. The molecule has 2 rings (SSSR count). The Morgan fingerprint density at radius 1 is 1.35 bits per heavy atom. The lowest BCUT2D eigenvalue weighted by atomic mass is 10.0. The van der Waals surface area contributed by atoms with Crippen molar-refractivity contribution in [1.29, 1.82) is 0 Å². The number of hydrogen-bond acceptors (Lipinski definition) is 3. The second-order valence-electron chi connectivity index (χ2n) is 5.34. The highest BCUT2D eigenvalue weighted by Gasteiger charge is 2.27. The van der Waals surface area contributed by atoms with Crippen LogP contribution < -0.4 is 5.32 Å². The number of furan rings is 1. The van der Waals surface area contributed by atoms with Crippen LogP contribution in [0.4, 0.5) is 4.39 Å². The van der Waals surface area contributed by atoms with E-state index in [1.165, 1.54) is 12.1 Å². The van der Waals surface area contributed by atoms with Crippen molar-refractivity contribution in [2.45, 2.75) is 32.4 Å². The molecule has 0 saturated heterocycles. The summed E-state index contributed by atoms with van der Waals surface area (Å²) in [7, 11) is 0. The summed E-state index contributed by atoms with van der Waals surface area (Å²) in [6.45, 7) is 5.77. The van der Waals surface area contributed by atoms with Gasteiger partial charge in [-0.1, -0.05) is 12.1 Å². The van der Waals surface area contributed by atoms with E-state index in [9.17, 15) is 9.50 Å². The lowest BCUT2D eigenvalue weighted by Gasteiger charge is -2.24. The molecule has 4 heteroatoms. The van der Waals surface area contributed by atoms with Crippen LogP contribution in [0.3, 0.4) is 0 Å². The summed E-state index contributed by atoms with van der Waals surface area (Å²) in [6, 6.07) is 9.96. The Morgan fingerprint density at radius 3 is 2.70 bits per heavy atom. The minimum atomic E-state index is -1.10. The number of aliphatic hydroxyl groups is 1. The molecule has 2 aromatic rings. The molecule has 0 fully saturated rings. The molecule has 1 heterocycles. The average Bonchev–Trinajstić information content (AvgIpc) is 2.83. The molecular weight excluding hydrogens is 257 g/mol. The van der Waals surface area contributed by atoms with E-state index in [2.05, 4.69) is 5.32 Å². The highest BCUT2D eigenvalue weighted by molar-refractivity contribution is 5.20. The van der Waals surface area contributed by atoms with E-state index in [-0.39, 0.29) is 11.9 Å². The van der Waals surface area contributed by atoms with Gasteiger partial charge >= 0.3 is 0 Å². The molecule has 1 aromatic carbocycles. The number of hydrogen-bond donors (Lipinski definition) is 2. The van der Waals surface area contributed by atoms with Crippen molar-refractivity contribution in [1.82, 2.24) is 5.32 Å². The Balaban J connectivity index is 2.01. The van der Waals surface area contributed by atoms with Gasteiger partial charge in [0.2, 0.25) is 0 Å². The van der Waals surface area contributed by atoms with Gasteiger partial charge in [-0.25, -0.2) is 4.39 Å². The van der Waals surface area contributed by atoms with Gasteiger partial charge in [-0.05, 0) is 50.6 Å². The van der Waals surface area contributed by atoms with E-state index in [1.54, 1.807) is 19.1 Å². The summed E-state index contributed by atoms with van der Waals surface area (Å²) in [6.07, 6.45) is 0. The summed E-state index contributed by atoms with van der Waals surface area (Å²) in [5.41, 5.74) is -0.257. The number of benzene rings is 1. The molecule has 0 aliphatic heterocycles. The average molecular weight is 277 g/mol. The van der Waals surface area contributed by atoms with Gasteiger partial charge in [0.25, 0.3) is 0 Å². The lowest BCUT2D eigenvalue weighted by molar-refractivity contribution is 0.0313. The van der Waals surface area contributed by atoms with Crippen LogP contribution in [0.15, 0.2) is 40.8 Å². The van der Waals surface area contributed by atoms with E-state index in [0.29, 0.717) is 12.3 Å². The summed E-state index contributed by atoms with van der Waals surface area (Å²) >= 11 is 0. The zero-order chi connectivity index (χ0) is 14.8. The van der Waals surface area contributed by atoms with Gasteiger partial charge < -0.3 is 14.8 Å². The summed E-state index contributed by atoms with van der Waals surface area (Å²) in [4.78, 5) is 0. The van der Waals surface area contributed by atoms with E-state index in [4.69, 9.17) is 4.42 Å². The van der Waals surface area contributed by atoms with Crippen molar-refractivity contribution in [3.8, 4) is 0 Å². The minimum Gasteiger partial charge on any atom is -0.463 e. The third-order valence-electron chi connectivity index (χ3n) is 3.37. The standard InChI is InChI=1S/C16H20FNO2/c1-11-7-8-15(20-11)16(3,19)10-18-12(2)13-5-4-6-14(17)9-13/h4-9,12,18-19H,10H2,1-3H3. The molecule has 0 bridgehead atoms. The van der Waals surface area contributed by atoms with Crippen molar-refractivity contribution in [3.63, 3.8) is 0 Å². The van der Waals surface area contributed by atoms with Crippen LogP contribution in [0.2, 0.25) is 0 Å². The maximum atomic E-state index is 13.2. The maximum absolute atomic E-state index is 13.2. The predicted octanol–water partition coefficient (Wildman–Crippen LogP) is 3.29. The molecule has 20 heavy (non-hydrogen) atoms. The first kappa shape index (κ1) is 14.8. The third-order valence-corrected chi connectivity index (χ3v) is 3.37. The molecule has 0 saturated carbocycles. The van der Waals surface area contributed by atoms with Crippen LogP contribution in [0.1, 0.15) is 37.0 Å². The Labute approximate surface area is 118 Å². The number of rotatable bonds is 5. The van der Waals surface area contributed by atoms with Crippen LogP contribution in [-0.2, 0) is 5.60 Å². The van der Waals surface area contributed by atoms with Crippen molar-refractivity contribution < 1.29 is 13.9 Å². The first-order valence-corrected chi connectivity index (χ1v) is 6.66. The van der Waals surface area contributed by atoms with Gasteiger partial charge in [-0.2, -0.15) is 0 Å². The summed E-state index contributed by atoms with van der Waals surface area (Å²) in [5.74, 6) is 1.02. The number of halogens is 1. The van der Waals surface area contributed by atoms with Crippen molar-refractivity contribution in [3.05, 3.63) is 59.3 Å². The Morgan fingerprint density at radius 2 is 2.10 bits per heavy atom. The minimum absolute atomic E-state index is 0.0618. The SMILES string of the molecule is Cc1ccc(C(C)(O)CNC(C)c2cccc(F)c2)o1. The summed E-state index contributed by atoms with van der Waals surface area (Å²) in [5, 5.41) is 13.6. The molecule has 0 amide bonds. The van der Waals surface area contributed by atoms with Crippen LogP contribution in [0, 0.1) is 12.7 Å². The van der Waals surface area contributed by atoms with Gasteiger partial charge in [0.05, 0.1) is 0 Å². The second-order valence-corrected chi connectivity index (χ2v) is 5.34. The van der Waals surface area contributed by atoms with E-state index in [0.717, 1.165) is 11.3 Å². The molecule has 2 atom stereocenters. The fraction of sp³-hybridized carbons (Fsp3) is 0.375. The van der Waals surface area contributed by atoms with E-state index < -0.39 is 5.60 Å². The number of aryl methyl sites for hydroxylation is 1. The predicted molar refractivity (Wildman–Crippen MR) is 75.8 cm³/mol. The first-order chi connectivity index (χ1) is 9.38. The largest absolute Gasteiger partial charge is 0.463 e. The molecule has 2 N–H and O–H groups in total. The fourth-order valence-electron chi connectivity index (χ4n) is 2.06. The molecule has 3 nitrogen and oxygen atoms in total.